The Labute approximate surface area is 115 Å². The van der Waals surface area contributed by atoms with Gasteiger partial charge in [-0.3, -0.25) is 14.5 Å². The van der Waals surface area contributed by atoms with Crippen LogP contribution in [0, 0.1) is 0 Å². The van der Waals surface area contributed by atoms with Gasteiger partial charge < -0.3 is 14.7 Å². The van der Waals surface area contributed by atoms with Crippen LogP contribution in [0.3, 0.4) is 0 Å². The molecular weight excluding hydrogens is 248 g/mol. The summed E-state index contributed by atoms with van der Waals surface area (Å²) in [5.41, 5.74) is 0. The van der Waals surface area contributed by atoms with Crippen LogP contribution in [-0.4, -0.2) is 73.2 Å². The molecule has 0 aliphatic rings. The second kappa shape index (κ2) is 9.75. The number of carbonyl (C=O) groups excluding carboxylic acids is 2. The Bertz CT molecular complexity index is 282. The van der Waals surface area contributed by atoms with E-state index < -0.39 is 12.1 Å². The molecule has 0 saturated heterocycles. The molecule has 0 rings (SSSR count). The highest BCUT2D eigenvalue weighted by Gasteiger charge is 2.18. The molecule has 0 aliphatic heterocycles. The molecule has 0 aromatic rings. The Hall–Kier alpha value is -1.14. The zero-order chi connectivity index (χ0) is 14.8. The van der Waals surface area contributed by atoms with E-state index in [9.17, 15) is 14.7 Å². The van der Waals surface area contributed by atoms with Gasteiger partial charge in [-0.15, -0.1) is 0 Å². The maximum atomic E-state index is 11.6. The number of hydrogen-bond donors (Lipinski definition) is 1. The highest BCUT2D eigenvalue weighted by atomic mass is 16.5. The van der Waals surface area contributed by atoms with Gasteiger partial charge in [0.1, 0.15) is 0 Å². The van der Waals surface area contributed by atoms with Gasteiger partial charge in [-0.25, -0.2) is 0 Å². The summed E-state index contributed by atoms with van der Waals surface area (Å²) in [5.74, 6) is -0.429. The first kappa shape index (κ1) is 17.9. The molecule has 1 atom stereocenters. The van der Waals surface area contributed by atoms with Crippen molar-refractivity contribution in [2.75, 3.05) is 40.3 Å². The molecule has 0 aromatic carbocycles. The standard InChI is InChI=1S/C13H26N2O4/c1-5-7-15(10-12(17)14(3)4)9-11(16)8-13(18)19-6-2/h11,16H,5-10H2,1-4H3. The van der Waals surface area contributed by atoms with Crippen LogP contribution >= 0.6 is 0 Å². The maximum absolute atomic E-state index is 11.6. The van der Waals surface area contributed by atoms with Crippen LogP contribution in [0.5, 0.6) is 0 Å². The lowest BCUT2D eigenvalue weighted by Gasteiger charge is -2.25. The van der Waals surface area contributed by atoms with E-state index in [1.165, 1.54) is 4.90 Å². The third-order valence-corrected chi connectivity index (χ3v) is 2.57. The molecule has 1 amide bonds. The number of aliphatic hydroxyl groups is 1. The summed E-state index contributed by atoms with van der Waals surface area (Å²) in [6.07, 6.45) is 0.0393. The number of ether oxygens (including phenoxy) is 1. The molecule has 0 aromatic heterocycles. The van der Waals surface area contributed by atoms with Crippen molar-refractivity contribution in [3.63, 3.8) is 0 Å². The predicted molar refractivity (Wildman–Crippen MR) is 72.7 cm³/mol. The molecule has 0 saturated carbocycles. The number of aliphatic hydroxyl groups excluding tert-OH is 1. The molecule has 0 aliphatic carbocycles. The van der Waals surface area contributed by atoms with Crippen LogP contribution in [0.15, 0.2) is 0 Å². The van der Waals surface area contributed by atoms with Crippen molar-refractivity contribution in [2.45, 2.75) is 32.8 Å². The lowest BCUT2D eigenvalue weighted by molar-refractivity contribution is -0.145. The van der Waals surface area contributed by atoms with E-state index in [1.807, 2.05) is 11.8 Å². The van der Waals surface area contributed by atoms with Crippen LogP contribution < -0.4 is 0 Å². The Balaban J connectivity index is 4.24. The summed E-state index contributed by atoms with van der Waals surface area (Å²) >= 11 is 0. The minimum Gasteiger partial charge on any atom is -0.466 e. The van der Waals surface area contributed by atoms with Gasteiger partial charge in [0.25, 0.3) is 0 Å². The van der Waals surface area contributed by atoms with Crippen LogP contribution in [0.1, 0.15) is 26.7 Å². The van der Waals surface area contributed by atoms with E-state index in [0.717, 1.165) is 6.42 Å². The Morgan fingerprint density at radius 1 is 1.26 bits per heavy atom. The van der Waals surface area contributed by atoms with E-state index in [1.54, 1.807) is 21.0 Å². The topological polar surface area (TPSA) is 70.1 Å². The Morgan fingerprint density at radius 3 is 2.37 bits per heavy atom. The van der Waals surface area contributed by atoms with Crippen LogP contribution in [0.4, 0.5) is 0 Å². The minimum absolute atomic E-state index is 0.0169. The van der Waals surface area contributed by atoms with Gasteiger partial charge in [-0.1, -0.05) is 6.92 Å². The Kier molecular flexibility index (Phi) is 9.16. The molecule has 1 unspecified atom stereocenters. The van der Waals surface area contributed by atoms with Crippen molar-refractivity contribution < 1.29 is 19.4 Å². The lowest BCUT2D eigenvalue weighted by Crippen LogP contribution is -2.41. The van der Waals surface area contributed by atoms with E-state index in [4.69, 9.17) is 4.74 Å². The van der Waals surface area contributed by atoms with Gasteiger partial charge in [-0.2, -0.15) is 0 Å². The summed E-state index contributed by atoms with van der Waals surface area (Å²) in [7, 11) is 3.39. The molecule has 0 heterocycles. The van der Waals surface area contributed by atoms with Gasteiger partial charge in [0.15, 0.2) is 0 Å². The van der Waals surface area contributed by atoms with Gasteiger partial charge in [-0.05, 0) is 19.9 Å². The second-order valence-corrected chi connectivity index (χ2v) is 4.69. The molecule has 0 fully saturated rings. The fourth-order valence-corrected chi connectivity index (χ4v) is 1.66. The van der Waals surface area contributed by atoms with Crippen molar-refractivity contribution in [3.05, 3.63) is 0 Å². The van der Waals surface area contributed by atoms with Gasteiger partial charge in [0, 0.05) is 20.6 Å². The fourth-order valence-electron chi connectivity index (χ4n) is 1.66. The van der Waals surface area contributed by atoms with Crippen molar-refractivity contribution in [3.8, 4) is 0 Å². The molecule has 0 spiro atoms. The number of hydrogen-bond acceptors (Lipinski definition) is 5. The molecule has 112 valence electrons. The smallest absolute Gasteiger partial charge is 0.308 e. The quantitative estimate of drug-likeness (QED) is 0.604. The van der Waals surface area contributed by atoms with Crippen LogP contribution in [-0.2, 0) is 14.3 Å². The summed E-state index contributed by atoms with van der Waals surface area (Å²) in [6.45, 7) is 5.30. The first-order valence-corrected chi connectivity index (χ1v) is 6.66. The SMILES string of the molecule is CCCN(CC(=O)N(C)C)CC(O)CC(=O)OCC. The summed E-state index contributed by atoms with van der Waals surface area (Å²) in [4.78, 5) is 26.3. The van der Waals surface area contributed by atoms with Gasteiger partial charge in [0.2, 0.25) is 5.91 Å². The van der Waals surface area contributed by atoms with Crippen molar-refractivity contribution in [1.82, 2.24) is 9.80 Å². The molecular formula is C13H26N2O4. The van der Waals surface area contributed by atoms with Gasteiger partial charge >= 0.3 is 5.97 Å². The van der Waals surface area contributed by atoms with Crippen LogP contribution in [0.2, 0.25) is 0 Å². The first-order chi connectivity index (χ1) is 8.90. The minimum atomic E-state index is -0.805. The monoisotopic (exact) mass is 274 g/mol. The van der Waals surface area contributed by atoms with Gasteiger partial charge in [0.05, 0.1) is 25.7 Å². The molecule has 6 nitrogen and oxygen atoms in total. The molecule has 0 radical (unpaired) electrons. The number of amides is 1. The summed E-state index contributed by atoms with van der Waals surface area (Å²) in [6, 6.07) is 0. The largest absolute Gasteiger partial charge is 0.466 e. The fraction of sp³-hybridized carbons (Fsp3) is 0.846. The Morgan fingerprint density at radius 2 is 1.89 bits per heavy atom. The van der Waals surface area contributed by atoms with E-state index >= 15 is 0 Å². The highest BCUT2D eigenvalue weighted by molar-refractivity contribution is 5.77. The molecule has 6 heteroatoms. The highest BCUT2D eigenvalue weighted by Crippen LogP contribution is 2.01. The average Bonchev–Trinajstić information content (AvgIpc) is 2.28. The normalized spacial score (nSPS) is 12.3. The van der Waals surface area contributed by atoms with E-state index in [0.29, 0.717) is 19.7 Å². The molecule has 0 bridgehead atoms. The van der Waals surface area contributed by atoms with Crippen molar-refractivity contribution in [1.29, 1.82) is 0 Å². The summed E-state index contributed by atoms with van der Waals surface area (Å²) < 4.78 is 4.78. The second-order valence-electron chi connectivity index (χ2n) is 4.69. The predicted octanol–water partition coefficient (Wildman–Crippen LogP) is 0.101. The molecule has 19 heavy (non-hydrogen) atoms. The summed E-state index contributed by atoms with van der Waals surface area (Å²) in [5, 5.41) is 9.83. The third kappa shape index (κ3) is 8.56. The molecule has 1 N–H and O–H groups in total. The number of esters is 1. The van der Waals surface area contributed by atoms with Crippen LogP contribution in [0.25, 0.3) is 0 Å². The number of rotatable bonds is 9. The van der Waals surface area contributed by atoms with Crippen molar-refractivity contribution in [2.24, 2.45) is 0 Å². The van der Waals surface area contributed by atoms with E-state index in [-0.39, 0.29) is 18.9 Å². The third-order valence-electron chi connectivity index (χ3n) is 2.57. The number of carbonyl (C=O) groups is 2. The zero-order valence-corrected chi connectivity index (χ0v) is 12.4. The number of nitrogens with zero attached hydrogens (tertiary/aromatic N) is 2. The number of likely N-dealkylation sites (N-methyl/N-ethyl adjacent to an activating group) is 1. The zero-order valence-electron chi connectivity index (χ0n) is 12.4. The average molecular weight is 274 g/mol. The lowest BCUT2D eigenvalue weighted by atomic mass is 10.2. The van der Waals surface area contributed by atoms with Crippen molar-refractivity contribution >= 4 is 11.9 Å². The maximum Gasteiger partial charge on any atom is 0.308 e. The van der Waals surface area contributed by atoms with E-state index in [2.05, 4.69) is 0 Å². The first-order valence-electron chi connectivity index (χ1n) is 6.66.